The van der Waals surface area contributed by atoms with Crippen molar-refractivity contribution in [1.82, 2.24) is 9.80 Å². The number of aliphatic hydroxyl groups excluding tert-OH is 2. The molecule has 0 amide bonds. The van der Waals surface area contributed by atoms with E-state index in [0.717, 1.165) is 50.5 Å². The van der Waals surface area contributed by atoms with Gasteiger partial charge in [0, 0.05) is 57.4 Å². The van der Waals surface area contributed by atoms with Crippen LogP contribution in [0, 0.1) is 11.8 Å². The number of nitrogens with zero attached hydrogens (tertiary/aromatic N) is 2. The fourth-order valence-electron chi connectivity index (χ4n) is 3.91. The molecule has 0 bridgehead atoms. The van der Waals surface area contributed by atoms with Gasteiger partial charge in [0.2, 0.25) is 0 Å². The second-order valence-corrected chi connectivity index (χ2v) is 7.70. The maximum absolute atomic E-state index is 9.59. The lowest BCUT2D eigenvalue weighted by Gasteiger charge is -2.41. The first-order valence-corrected chi connectivity index (χ1v) is 10.6. The van der Waals surface area contributed by atoms with E-state index in [2.05, 4.69) is 45.9 Å². The molecule has 0 saturated carbocycles. The Balaban J connectivity index is 1.58. The van der Waals surface area contributed by atoms with Gasteiger partial charge in [-0.05, 0) is 41.8 Å². The minimum Gasteiger partial charge on any atom is -0.497 e. The molecule has 3 rings (SSSR count). The molecular formula is C25H32N2O3. The third kappa shape index (κ3) is 6.58. The molecule has 0 spiro atoms. The predicted octanol–water partition coefficient (Wildman–Crippen LogP) is 2.50. The lowest BCUT2D eigenvalue weighted by Crippen LogP contribution is -2.52. The van der Waals surface area contributed by atoms with E-state index in [9.17, 15) is 5.11 Å². The van der Waals surface area contributed by atoms with Crippen LogP contribution >= 0.6 is 0 Å². The van der Waals surface area contributed by atoms with Crippen molar-refractivity contribution in [3.05, 3.63) is 65.2 Å². The summed E-state index contributed by atoms with van der Waals surface area (Å²) in [6.45, 7) is 5.01. The van der Waals surface area contributed by atoms with Gasteiger partial charge in [-0.2, -0.15) is 0 Å². The van der Waals surface area contributed by atoms with Crippen molar-refractivity contribution in [3.63, 3.8) is 0 Å². The lowest BCUT2D eigenvalue weighted by atomic mass is 10.1. The lowest BCUT2D eigenvalue weighted by molar-refractivity contribution is 0.0499. The standard InChI is InChI=1S/C25H32N2O3/c1-30-25-7-4-6-23(17-25)19-27-14-13-26(20-24(27)12-16-29)18-22-10-8-21(9-11-22)5-2-3-15-28/h4,6-11,17,24,28-29H,3,12-16,18-20H2,1H3. The number of hydrogen-bond donors (Lipinski definition) is 2. The molecule has 2 N–H and O–H groups in total. The minimum atomic E-state index is 0.101. The van der Waals surface area contributed by atoms with E-state index in [0.29, 0.717) is 12.5 Å². The molecule has 2 aromatic rings. The summed E-state index contributed by atoms with van der Waals surface area (Å²) in [5.74, 6) is 6.91. The number of ether oxygens (including phenoxy) is 1. The maximum atomic E-state index is 9.59. The van der Waals surface area contributed by atoms with Crippen molar-refractivity contribution in [1.29, 1.82) is 0 Å². The average molecular weight is 409 g/mol. The molecule has 2 aromatic carbocycles. The quantitative estimate of drug-likeness (QED) is 0.658. The summed E-state index contributed by atoms with van der Waals surface area (Å²) >= 11 is 0. The van der Waals surface area contributed by atoms with Gasteiger partial charge < -0.3 is 14.9 Å². The number of aliphatic hydroxyl groups is 2. The summed E-state index contributed by atoms with van der Waals surface area (Å²) in [6.07, 6.45) is 1.29. The van der Waals surface area contributed by atoms with E-state index in [1.807, 2.05) is 24.3 Å². The van der Waals surface area contributed by atoms with Gasteiger partial charge >= 0.3 is 0 Å². The normalized spacial score (nSPS) is 17.4. The smallest absolute Gasteiger partial charge is 0.119 e. The first-order chi connectivity index (χ1) is 14.7. The Bertz CT molecular complexity index is 841. The third-order valence-corrected chi connectivity index (χ3v) is 5.50. The largest absolute Gasteiger partial charge is 0.497 e. The molecule has 160 valence electrons. The monoisotopic (exact) mass is 408 g/mol. The molecule has 1 atom stereocenters. The van der Waals surface area contributed by atoms with Crippen molar-refractivity contribution < 1.29 is 14.9 Å². The molecule has 0 aliphatic carbocycles. The van der Waals surface area contributed by atoms with Crippen LogP contribution in [0.2, 0.25) is 0 Å². The molecule has 1 aliphatic rings. The fraction of sp³-hybridized carbons (Fsp3) is 0.440. The average Bonchev–Trinajstić information content (AvgIpc) is 2.77. The molecule has 1 heterocycles. The van der Waals surface area contributed by atoms with E-state index < -0.39 is 0 Å². The predicted molar refractivity (Wildman–Crippen MR) is 119 cm³/mol. The molecule has 1 unspecified atom stereocenters. The van der Waals surface area contributed by atoms with Gasteiger partial charge in [0.1, 0.15) is 5.75 Å². The van der Waals surface area contributed by atoms with E-state index in [1.165, 1.54) is 11.1 Å². The molecule has 1 fully saturated rings. The zero-order valence-electron chi connectivity index (χ0n) is 17.8. The van der Waals surface area contributed by atoms with Crippen LogP contribution in [0.4, 0.5) is 0 Å². The minimum absolute atomic E-state index is 0.101. The van der Waals surface area contributed by atoms with Gasteiger partial charge in [-0.1, -0.05) is 36.1 Å². The van der Waals surface area contributed by atoms with E-state index in [4.69, 9.17) is 9.84 Å². The molecule has 5 heteroatoms. The Hall–Kier alpha value is -2.36. The highest BCUT2D eigenvalue weighted by molar-refractivity contribution is 5.36. The molecule has 30 heavy (non-hydrogen) atoms. The highest BCUT2D eigenvalue weighted by atomic mass is 16.5. The summed E-state index contributed by atoms with van der Waals surface area (Å²) in [7, 11) is 1.70. The highest BCUT2D eigenvalue weighted by Crippen LogP contribution is 2.20. The molecule has 5 nitrogen and oxygen atoms in total. The van der Waals surface area contributed by atoms with Crippen molar-refractivity contribution in [2.75, 3.05) is 40.0 Å². The zero-order valence-corrected chi connectivity index (χ0v) is 17.8. The van der Waals surface area contributed by atoms with Gasteiger partial charge in [-0.3, -0.25) is 9.80 Å². The number of piperazine rings is 1. The molecule has 1 aliphatic heterocycles. The Morgan fingerprint density at radius 2 is 1.83 bits per heavy atom. The number of hydrogen-bond acceptors (Lipinski definition) is 5. The van der Waals surface area contributed by atoms with Crippen LogP contribution in [-0.2, 0) is 13.1 Å². The first-order valence-electron chi connectivity index (χ1n) is 10.6. The maximum Gasteiger partial charge on any atom is 0.119 e. The molecule has 0 radical (unpaired) electrons. The summed E-state index contributed by atoms with van der Waals surface area (Å²) in [5.41, 5.74) is 3.49. The SMILES string of the molecule is COc1cccc(CN2CCN(Cc3ccc(C#CCCO)cc3)CC2CCO)c1. The third-order valence-electron chi connectivity index (χ3n) is 5.50. The van der Waals surface area contributed by atoms with Crippen LogP contribution < -0.4 is 4.74 Å². The van der Waals surface area contributed by atoms with Crippen LogP contribution in [-0.4, -0.2) is 66.0 Å². The van der Waals surface area contributed by atoms with Gasteiger partial charge in [0.25, 0.3) is 0 Å². The number of rotatable bonds is 8. The van der Waals surface area contributed by atoms with Crippen LogP contribution in [0.25, 0.3) is 0 Å². The number of benzene rings is 2. The van der Waals surface area contributed by atoms with Crippen molar-refractivity contribution in [3.8, 4) is 17.6 Å². The summed E-state index contributed by atoms with van der Waals surface area (Å²) in [6, 6.07) is 16.9. The Kier molecular flexibility index (Phi) is 8.73. The second-order valence-electron chi connectivity index (χ2n) is 7.70. The Morgan fingerprint density at radius 1 is 1.00 bits per heavy atom. The summed E-state index contributed by atoms with van der Waals surface area (Å²) in [5, 5.41) is 18.4. The van der Waals surface area contributed by atoms with Gasteiger partial charge in [0.05, 0.1) is 13.7 Å². The van der Waals surface area contributed by atoms with Crippen molar-refractivity contribution in [2.24, 2.45) is 0 Å². The zero-order chi connectivity index (χ0) is 21.2. The van der Waals surface area contributed by atoms with Gasteiger partial charge in [-0.25, -0.2) is 0 Å². The summed E-state index contributed by atoms with van der Waals surface area (Å²) < 4.78 is 5.35. The van der Waals surface area contributed by atoms with E-state index >= 15 is 0 Å². The van der Waals surface area contributed by atoms with E-state index in [1.54, 1.807) is 7.11 Å². The van der Waals surface area contributed by atoms with Crippen LogP contribution in [0.1, 0.15) is 29.5 Å². The highest BCUT2D eigenvalue weighted by Gasteiger charge is 2.26. The topological polar surface area (TPSA) is 56.2 Å². The summed E-state index contributed by atoms with van der Waals surface area (Å²) in [4.78, 5) is 4.94. The van der Waals surface area contributed by atoms with Gasteiger partial charge in [0.15, 0.2) is 0 Å². The fourth-order valence-corrected chi connectivity index (χ4v) is 3.91. The van der Waals surface area contributed by atoms with E-state index in [-0.39, 0.29) is 13.2 Å². The Labute approximate surface area is 179 Å². The molecule has 1 saturated heterocycles. The van der Waals surface area contributed by atoms with Gasteiger partial charge in [-0.15, -0.1) is 0 Å². The van der Waals surface area contributed by atoms with Crippen LogP contribution in [0.3, 0.4) is 0 Å². The van der Waals surface area contributed by atoms with Crippen LogP contribution in [0.5, 0.6) is 5.75 Å². The first kappa shape index (κ1) is 22.3. The Morgan fingerprint density at radius 3 is 2.57 bits per heavy atom. The van der Waals surface area contributed by atoms with Crippen LogP contribution in [0.15, 0.2) is 48.5 Å². The second kappa shape index (κ2) is 11.7. The molecular weight excluding hydrogens is 376 g/mol. The molecule has 0 aromatic heterocycles. The van der Waals surface area contributed by atoms with Crippen molar-refractivity contribution >= 4 is 0 Å². The van der Waals surface area contributed by atoms with Crippen molar-refractivity contribution in [2.45, 2.75) is 32.0 Å². The number of methoxy groups -OCH3 is 1.